The largest absolute Gasteiger partial charge is 0.416 e. The molecule has 0 aliphatic rings. The molecule has 3 aromatic rings. The lowest BCUT2D eigenvalue weighted by atomic mass is 10.2. The van der Waals surface area contributed by atoms with Crippen molar-refractivity contribution in [3.05, 3.63) is 65.7 Å². The molecule has 0 radical (unpaired) electrons. The van der Waals surface area contributed by atoms with E-state index in [0.717, 1.165) is 12.1 Å². The van der Waals surface area contributed by atoms with Crippen molar-refractivity contribution in [3.63, 3.8) is 0 Å². The minimum absolute atomic E-state index is 0.0342. The van der Waals surface area contributed by atoms with Crippen LogP contribution in [0, 0.1) is 6.92 Å². The number of anilines is 3. The van der Waals surface area contributed by atoms with Crippen molar-refractivity contribution < 1.29 is 22.5 Å². The summed E-state index contributed by atoms with van der Waals surface area (Å²) in [6.45, 7) is 1.75. The first-order chi connectivity index (χ1) is 12.3. The zero-order valence-electron chi connectivity index (χ0n) is 13.5. The normalized spacial score (nSPS) is 11.2. The first-order valence-corrected chi connectivity index (χ1v) is 7.46. The molecule has 2 N–H and O–H groups in total. The van der Waals surface area contributed by atoms with Crippen LogP contribution in [-0.2, 0) is 6.18 Å². The van der Waals surface area contributed by atoms with Crippen molar-refractivity contribution in [2.45, 2.75) is 13.1 Å². The number of alkyl halides is 3. The summed E-state index contributed by atoms with van der Waals surface area (Å²) in [6, 6.07) is 9.11. The Hall–Kier alpha value is -3.36. The number of benzene rings is 1. The Labute approximate surface area is 146 Å². The van der Waals surface area contributed by atoms with Gasteiger partial charge in [-0.2, -0.15) is 13.2 Å². The van der Waals surface area contributed by atoms with Crippen LogP contribution in [0.3, 0.4) is 0 Å². The lowest BCUT2D eigenvalue weighted by Crippen LogP contribution is -2.14. The van der Waals surface area contributed by atoms with Crippen LogP contribution in [0.4, 0.5) is 30.4 Å². The highest BCUT2D eigenvalue weighted by Gasteiger charge is 2.30. The monoisotopic (exact) mass is 362 g/mol. The Balaban J connectivity index is 1.68. The predicted molar refractivity (Wildman–Crippen MR) is 88.2 cm³/mol. The van der Waals surface area contributed by atoms with E-state index in [-0.39, 0.29) is 11.4 Å². The molecule has 2 aromatic heterocycles. The summed E-state index contributed by atoms with van der Waals surface area (Å²) < 4.78 is 43.0. The Kier molecular flexibility index (Phi) is 4.61. The van der Waals surface area contributed by atoms with E-state index in [1.165, 1.54) is 24.4 Å². The van der Waals surface area contributed by atoms with E-state index in [0.29, 0.717) is 17.3 Å². The fraction of sp³-hybridized carbons (Fsp3) is 0.118. The zero-order chi connectivity index (χ0) is 18.7. The van der Waals surface area contributed by atoms with Crippen LogP contribution < -0.4 is 10.6 Å². The number of amides is 1. The van der Waals surface area contributed by atoms with Gasteiger partial charge in [-0.3, -0.25) is 4.79 Å². The molecular weight excluding hydrogens is 349 g/mol. The number of aryl methyl sites for hydroxylation is 1. The SMILES string of the molecule is Cc1cc(Nc2ccc(C(=O)Nc3cccc(C(F)(F)F)c3)nc2)no1. The van der Waals surface area contributed by atoms with Crippen molar-refractivity contribution in [1.29, 1.82) is 0 Å². The summed E-state index contributed by atoms with van der Waals surface area (Å²) in [5, 5.41) is 9.10. The zero-order valence-corrected chi connectivity index (χ0v) is 13.5. The third-order valence-corrected chi connectivity index (χ3v) is 3.34. The molecule has 0 saturated heterocycles. The maximum absolute atomic E-state index is 12.7. The van der Waals surface area contributed by atoms with Gasteiger partial charge in [-0.1, -0.05) is 11.2 Å². The number of nitrogens with one attached hydrogen (secondary N) is 2. The number of aromatic nitrogens is 2. The number of hydrogen-bond acceptors (Lipinski definition) is 5. The third-order valence-electron chi connectivity index (χ3n) is 3.34. The lowest BCUT2D eigenvalue weighted by Gasteiger charge is -2.10. The third kappa shape index (κ3) is 4.18. The topological polar surface area (TPSA) is 80.0 Å². The average Bonchev–Trinajstić information content (AvgIpc) is 3.00. The second-order valence-electron chi connectivity index (χ2n) is 5.41. The molecule has 26 heavy (non-hydrogen) atoms. The summed E-state index contributed by atoms with van der Waals surface area (Å²) in [5.41, 5.74) is -0.171. The number of hydrogen-bond donors (Lipinski definition) is 2. The van der Waals surface area contributed by atoms with Gasteiger partial charge in [-0.25, -0.2) is 4.98 Å². The minimum atomic E-state index is -4.48. The number of nitrogens with zero attached hydrogens (tertiary/aromatic N) is 2. The molecule has 134 valence electrons. The van der Waals surface area contributed by atoms with Gasteiger partial charge in [0.1, 0.15) is 11.5 Å². The van der Waals surface area contributed by atoms with Gasteiger partial charge in [0.15, 0.2) is 5.82 Å². The van der Waals surface area contributed by atoms with Crippen LogP contribution in [0.15, 0.2) is 53.2 Å². The van der Waals surface area contributed by atoms with Gasteiger partial charge >= 0.3 is 6.18 Å². The van der Waals surface area contributed by atoms with Gasteiger partial charge in [0.2, 0.25) is 0 Å². The highest BCUT2D eigenvalue weighted by Crippen LogP contribution is 2.30. The molecule has 0 aliphatic heterocycles. The number of carbonyl (C=O) groups excluding carboxylic acids is 1. The van der Waals surface area contributed by atoms with Crippen LogP contribution in [-0.4, -0.2) is 16.0 Å². The molecule has 3 rings (SSSR count). The van der Waals surface area contributed by atoms with Crippen molar-refractivity contribution in [2.24, 2.45) is 0 Å². The van der Waals surface area contributed by atoms with Crippen LogP contribution >= 0.6 is 0 Å². The number of pyridine rings is 1. The summed E-state index contributed by atoms with van der Waals surface area (Å²) in [5.74, 6) is 0.510. The molecule has 0 saturated carbocycles. The van der Waals surface area contributed by atoms with E-state index in [2.05, 4.69) is 20.8 Å². The van der Waals surface area contributed by atoms with Gasteiger partial charge in [-0.05, 0) is 37.3 Å². The molecule has 0 aliphatic carbocycles. The van der Waals surface area contributed by atoms with Gasteiger partial charge in [0, 0.05) is 11.8 Å². The number of carbonyl (C=O) groups is 1. The molecular formula is C17H13F3N4O2. The number of halogens is 3. The standard InChI is InChI=1S/C17H13F3N4O2/c1-10-7-15(24-26-10)22-13-5-6-14(21-9-13)16(25)23-12-4-2-3-11(8-12)17(18,19)20/h2-9H,1H3,(H,22,24)(H,23,25). The molecule has 0 spiro atoms. The van der Waals surface area contributed by atoms with E-state index in [9.17, 15) is 18.0 Å². The van der Waals surface area contributed by atoms with Crippen LogP contribution in [0.2, 0.25) is 0 Å². The Morgan fingerprint density at radius 3 is 2.54 bits per heavy atom. The minimum Gasteiger partial charge on any atom is -0.360 e. The summed E-state index contributed by atoms with van der Waals surface area (Å²) in [6.07, 6.45) is -3.07. The average molecular weight is 362 g/mol. The Bertz CT molecular complexity index is 920. The summed E-state index contributed by atoms with van der Waals surface area (Å²) >= 11 is 0. The van der Waals surface area contributed by atoms with E-state index in [4.69, 9.17) is 4.52 Å². The van der Waals surface area contributed by atoms with Crippen molar-refractivity contribution in [2.75, 3.05) is 10.6 Å². The molecule has 0 bridgehead atoms. The van der Waals surface area contributed by atoms with Crippen LogP contribution in [0.25, 0.3) is 0 Å². The first-order valence-electron chi connectivity index (χ1n) is 7.46. The predicted octanol–water partition coefficient (Wildman–Crippen LogP) is 4.39. The Morgan fingerprint density at radius 2 is 1.92 bits per heavy atom. The van der Waals surface area contributed by atoms with E-state index in [1.807, 2.05) is 0 Å². The first kappa shape index (κ1) is 17.5. The molecule has 9 heteroatoms. The molecule has 2 heterocycles. The molecule has 6 nitrogen and oxygen atoms in total. The maximum atomic E-state index is 12.7. The van der Waals surface area contributed by atoms with Crippen LogP contribution in [0.1, 0.15) is 21.8 Å². The van der Waals surface area contributed by atoms with Crippen molar-refractivity contribution >= 4 is 23.1 Å². The molecule has 0 unspecified atom stereocenters. The van der Waals surface area contributed by atoms with Gasteiger partial charge < -0.3 is 15.2 Å². The number of rotatable bonds is 4. The second kappa shape index (κ2) is 6.87. The lowest BCUT2D eigenvalue weighted by molar-refractivity contribution is -0.137. The Morgan fingerprint density at radius 1 is 1.12 bits per heavy atom. The fourth-order valence-corrected chi connectivity index (χ4v) is 2.14. The van der Waals surface area contributed by atoms with E-state index >= 15 is 0 Å². The van der Waals surface area contributed by atoms with E-state index in [1.54, 1.807) is 19.1 Å². The van der Waals surface area contributed by atoms with Crippen molar-refractivity contribution in [3.8, 4) is 0 Å². The summed E-state index contributed by atoms with van der Waals surface area (Å²) in [7, 11) is 0. The summed E-state index contributed by atoms with van der Waals surface area (Å²) in [4.78, 5) is 16.1. The van der Waals surface area contributed by atoms with Gasteiger partial charge in [-0.15, -0.1) is 0 Å². The van der Waals surface area contributed by atoms with Crippen molar-refractivity contribution in [1.82, 2.24) is 10.1 Å². The van der Waals surface area contributed by atoms with Gasteiger partial charge in [0.25, 0.3) is 5.91 Å². The van der Waals surface area contributed by atoms with E-state index < -0.39 is 17.6 Å². The molecule has 1 aromatic carbocycles. The fourth-order valence-electron chi connectivity index (χ4n) is 2.14. The molecule has 1 amide bonds. The molecule has 0 fully saturated rings. The van der Waals surface area contributed by atoms with Crippen LogP contribution in [0.5, 0.6) is 0 Å². The quantitative estimate of drug-likeness (QED) is 0.719. The molecule has 0 atom stereocenters. The van der Waals surface area contributed by atoms with Gasteiger partial charge in [0.05, 0.1) is 17.4 Å². The maximum Gasteiger partial charge on any atom is 0.416 e. The second-order valence-corrected chi connectivity index (χ2v) is 5.41. The highest BCUT2D eigenvalue weighted by molar-refractivity contribution is 6.03. The smallest absolute Gasteiger partial charge is 0.360 e. The highest BCUT2D eigenvalue weighted by atomic mass is 19.4.